The third-order valence-corrected chi connectivity index (χ3v) is 6.93. The molecule has 0 N–H and O–H groups in total. The molecule has 0 radical (unpaired) electrons. The van der Waals surface area contributed by atoms with Gasteiger partial charge in [0.25, 0.3) is 0 Å². The number of rotatable bonds is 3. The molecule has 3 rings (SSSR count). The number of carbonyl (C=O) groups is 1. The highest BCUT2D eigenvalue weighted by molar-refractivity contribution is 7.91. The van der Waals surface area contributed by atoms with Crippen LogP contribution in [-0.2, 0) is 14.6 Å². The number of para-hydroxylation sites is 1. The number of anilines is 1. The predicted molar refractivity (Wildman–Crippen MR) is 96.7 cm³/mol. The van der Waals surface area contributed by atoms with Crippen molar-refractivity contribution < 1.29 is 13.2 Å². The van der Waals surface area contributed by atoms with E-state index < -0.39 is 9.84 Å². The Morgan fingerprint density at radius 1 is 1.17 bits per heavy atom. The second-order valence-corrected chi connectivity index (χ2v) is 10.9. The van der Waals surface area contributed by atoms with Gasteiger partial charge in [-0.25, -0.2) is 8.42 Å². The molecule has 1 saturated carbocycles. The van der Waals surface area contributed by atoms with E-state index >= 15 is 0 Å². The molecule has 1 spiro atoms. The van der Waals surface area contributed by atoms with Crippen molar-refractivity contribution in [3.8, 4) is 0 Å². The fourth-order valence-corrected chi connectivity index (χ4v) is 5.40. The molecule has 1 aliphatic heterocycles. The van der Waals surface area contributed by atoms with Crippen molar-refractivity contribution >= 4 is 21.4 Å². The number of hydrogen-bond acceptors (Lipinski definition) is 3. The molecule has 132 valence electrons. The summed E-state index contributed by atoms with van der Waals surface area (Å²) >= 11 is 0. The Balaban J connectivity index is 1.78. The van der Waals surface area contributed by atoms with Gasteiger partial charge in [0.2, 0.25) is 5.91 Å². The maximum absolute atomic E-state index is 13.2. The number of carbonyl (C=O) groups excluding carboxylic acids is 1. The summed E-state index contributed by atoms with van der Waals surface area (Å²) in [5.41, 5.74) is 0.874. The van der Waals surface area contributed by atoms with Crippen LogP contribution in [0.1, 0.15) is 40.0 Å². The van der Waals surface area contributed by atoms with Gasteiger partial charge >= 0.3 is 0 Å². The average molecular weight is 349 g/mol. The van der Waals surface area contributed by atoms with E-state index in [1.165, 1.54) is 0 Å². The van der Waals surface area contributed by atoms with Gasteiger partial charge in [0.1, 0.15) is 9.84 Å². The molecule has 1 aliphatic carbocycles. The van der Waals surface area contributed by atoms with Crippen LogP contribution in [-0.4, -0.2) is 32.4 Å². The highest BCUT2D eigenvalue weighted by Crippen LogP contribution is 2.60. The van der Waals surface area contributed by atoms with E-state index in [1.54, 1.807) is 0 Å². The van der Waals surface area contributed by atoms with E-state index in [0.29, 0.717) is 19.4 Å². The minimum Gasteiger partial charge on any atom is -0.312 e. The van der Waals surface area contributed by atoms with E-state index in [2.05, 4.69) is 20.8 Å². The lowest BCUT2D eigenvalue weighted by molar-refractivity contribution is -0.121. The van der Waals surface area contributed by atoms with Crippen LogP contribution in [0, 0.1) is 16.7 Å². The zero-order valence-corrected chi connectivity index (χ0v) is 15.6. The van der Waals surface area contributed by atoms with Crippen LogP contribution >= 0.6 is 0 Å². The van der Waals surface area contributed by atoms with Crippen molar-refractivity contribution in [2.24, 2.45) is 16.7 Å². The zero-order chi connectivity index (χ0) is 17.6. The monoisotopic (exact) mass is 349 g/mol. The van der Waals surface area contributed by atoms with E-state index in [0.717, 1.165) is 12.1 Å². The van der Waals surface area contributed by atoms with E-state index in [9.17, 15) is 13.2 Å². The third kappa shape index (κ3) is 3.66. The van der Waals surface area contributed by atoms with Gasteiger partial charge in [-0.15, -0.1) is 0 Å². The molecule has 1 atom stereocenters. The Labute approximate surface area is 145 Å². The van der Waals surface area contributed by atoms with Gasteiger partial charge in [-0.05, 0) is 42.2 Å². The van der Waals surface area contributed by atoms with Crippen LogP contribution in [0.25, 0.3) is 0 Å². The van der Waals surface area contributed by atoms with Crippen LogP contribution in [0.15, 0.2) is 30.3 Å². The molecule has 0 aromatic heterocycles. The molecule has 5 heteroatoms. The Morgan fingerprint density at radius 3 is 2.29 bits per heavy atom. The highest BCUT2D eigenvalue weighted by Gasteiger charge is 2.60. The standard InChI is InChI=1S/C19H27NO3S/c1-18(2,3)14-20(15-7-5-4-6-8-15)17(21)16-13-19(16)9-11-24(22,23)12-10-19/h4-8,16H,9-14H2,1-3H3/t16-/m0/s1. The number of hydrogen-bond donors (Lipinski definition) is 0. The molecule has 1 aromatic carbocycles. The normalized spacial score (nSPS) is 24.5. The molecule has 2 fully saturated rings. The number of sulfone groups is 1. The Morgan fingerprint density at radius 2 is 1.75 bits per heavy atom. The van der Waals surface area contributed by atoms with E-state index in [-0.39, 0.29) is 34.2 Å². The summed E-state index contributed by atoms with van der Waals surface area (Å²) in [7, 11) is -2.89. The molecular formula is C19H27NO3S. The summed E-state index contributed by atoms with van der Waals surface area (Å²) in [6.07, 6.45) is 2.13. The van der Waals surface area contributed by atoms with E-state index in [1.807, 2.05) is 35.2 Å². The van der Waals surface area contributed by atoms with Crippen molar-refractivity contribution in [3.05, 3.63) is 30.3 Å². The molecule has 0 unspecified atom stereocenters. The zero-order valence-electron chi connectivity index (χ0n) is 14.8. The second kappa shape index (κ2) is 5.87. The molecule has 0 bridgehead atoms. The Kier molecular flexibility index (Phi) is 4.27. The van der Waals surface area contributed by atoms with Gasteiger partial charge in [0.05, 0.1) is 11.5 Å². The van der Waals surface area contributed by atoms with Crippen LogP contribution in [0.5, 0.6) is 0 Å². The molecule has 2 aliphatic rings. The fraction of sp³-hybridized carbons (Fsp3) is 0.632. The van der Waals surface area contributed by atoms with Crippen molar-refractivity contribution in [2.75, 3.05) is 23.0 Å². The lowest BCUT2D eigenvalue weighted by atomic mass is 9.93. The molecule has 1 heterocycles. The van der Waals surface area contributed by atoms with Crippen LogP contribution in [0.2, 0.25) is 0 Å². The smallest absolute Gasteiger partial charge is 0.230 e. The first-order chi connectivity index (χ1) is 11.1. The first kappa shape index (κ1) is 17.5. The minimum absolute atomic E-state index is 0.00343. The summed E-state index contributed by atoms with van der Waals surface area (Å²) in [6.45, 7) is 7.06. The summed E-state index contributed by atoms with van der Waals surface area (Å²) in [5, 5.41) is 0. The first-order valence-electron chi connectivity index (χ1n) is 8.69. The Hall–Kier alpha value is -1.36. The first-order valence-corrected chi connectivity index (χ1v) is 10.5. The molecule has 1 amide bonds. The summed E-state index contributed by atoms with van der Waals surface area (Å²) in [6, 6.07) is 9.81. The van der Waals surface area contributed by atoms with Gasteiger partial charge in [-0.3, -0.25) is 4.79 Å². The molecule has 24 heavy (non-hydrogen) atoms. The van der Waals surface area contributed by atoms with Crippen LogP contribution in [0.3, 0.4) is 0 Å². The maximum Gasteiger partial charge on any atom is 0.230 e. The van der Waals surface area contributed by atoms with Crippen LogP contribution in [0.4, 0.5) is 5.69 Å². The van der Waals surface area contributed by atoms with E-state index in [4.69, 9.17) is 0 Å². The van der Waals surface area contributed by atoms with Gasteiger partial charge in [-0.2, -0.15) is 0 Å². The lowest BCUT2D eigenvalue weighted by Gasteiger charge is -2.31. The van der Waals surface area contributed by atoms with Gasteiger partial charge in [0.15, 0.2) is 0 Å². The van der Waals surface area contributed by atoms with Gasteiger partial charge in [0, 0.05) is 18.2 Å². The SMILES string of the molecule is CC(C)(C)CN(C(=O)[C@@H]1CC12CCS(=O)(=O)CC2)c1ccccc1. The quantitative estimate of drug-likeness (QED) is 0.841. The molecule has 4 nitrogen and oxygen atoms in total. The van der Waals surface area contributed by atoms with Crippen LogP contribution < -0.4 is 4.90 Å². The van der Waals surface area contributed by atoms with Crippen molar-refractivity contribution in [3.63, 3.8) is 0 Å². The summed E-state index contributed by atoms with van der Waals surface area (Å²) < 4.78 is 23.4. The van der Waals surface area contributed by atoms with Gasteiger partial charge in [-0.1, -0.05) is 39.0 Å². The highest BCUT2D eigenvalue weighted by atomic mass is 32.2. The van der Waals surface area contributed by atoms with Crippen molar-refractivity contribution in [1.82, 2.24) is 0 Å². The van der Waals surface area contributed by atoms with Gasteiger partial charge < -0.3 is 4.90 Å². The van der Waals surface area contributed by atoms with Crippen molar-refractivity contribution in [2.45, 2.75) is 40.0 Å². The largest absolute Gasteiger partial charge is 0.312 e. The minimum atomic E-state index is -2.89. The molecular weight excluding hydrogens is 322 g/mol. The molecule has 1 aromatic rings. The Bertz CT molecular complexity index is 705. The fourth-order valence-electron chi connectivity index (χ4n) is 3.76. The predicted octanol–water partition coefficient (Wildman–Crippen LogP) is 3.28. The topological polar surface area (TPSA) is 54.5 Å². The summed E-state index contributed by atoms with van der Waals surface area (Å²) in [5.74, 6) is 0.619. The number of nitrogens with zero attached hydrogens (tertiary/aromatic N) is 1. The maximum atomic E-state index is 13.2. The lowest BCUT2D eigenvalue weighted by Crippen LogP contribution is -2.40. The molecule has 1 saturated heterocycles. The second-order valence-electron chi connectivity index (χ2n) is 8.59. The number of amides is 1. The number of benzene rings is 1. The average Bonchev–Trinajstić information content (AvgIpc) is 3.22. The summed E-state index contributed by atoms with van der Waals surface area (Å²) in [4.78, 5) is 15.1. The van der Waals surface area contributed by atoms with Crippen molar-refractivity contribution in [1.29, 1.82) is 0 Å². The third-order valence-electron chi connectivity index (χ3n) is 5.28.